The highest BCUT2D eigenvalue weighted by atomic mass is 31.2. The van der Waals surface area contributed by atoms with Crippen molar-refractivity contribution in [2.24, 2.45) is 17.6 Å². The minimum absolute atomic E-state index is 0.000849. The van der Waals surface area contributed by atoms with Crippen molar-refractivity contribution in [1.82, 2.24) is 36.8 Å². The van der Waals surface area contributed by atoms with Crippen LogP contribution in [-0.2, 0) is 49.3 Å². The summed E-state index contributed by atoms with van der Waals surface area (Å²) in [6, 6.07) is -1.82. The van der Waals surface area contributed by atoms with Crippen molar-refractivity contribution in [3.8, 4) is 5.75 Å². The molecule has 1 aliphatic carbocycles. The number of hydrogen-bond donors (Lipinski definition) is 9. The second-order valence-corrected chi connectivity index (χ2v) is 17.6. The smallest absolute Gasteiger partial charge is 0.404 e. The van der Waals surface area contributed by atoms with Gasteiger partial charge in [0.15, 0.2) is 0 Å². The summed E-state index contributed by atoms with van der Waals surface area (Å²) in [6.45, 7) is 5.12. The maximum Gasteiger partial charge on any atom is 0.524 e. The number of carbonyl (C=O) groups excluding carboxylic acids is 8. The molecule has 1 aromatic rings. The average molecular weight is 877 g/mol. The molecule has 2 saturated heterocycles. The molecule has 2 heterocycles. The van der Waals surface area contributed by atoms with Gasteiger partial charge in [0.2, 0.25) is 47.3 Å². The van der Waals surface area contributed by atoms with Crippen LogP contribution >= 0.6 is 7.82 Å². The lowest BCUT2D eigenvalue weighted by atomic mass is 9.84. The van der Waals surface area contributed by atoms with E-state index in [2.05, 4.69) is 36.4 Å². The largest absolute Gasteiger partial charge is 0.524 e. The van der Waals surface area contributed by atoms with Crippen molar-refractivity contribution in [3.63, 3.8) is 0 Å². The first-order valence-corrected chi connectivity index (χ1v) is 22.5. The molecule has 1 saturated carbocycles. The highest BCUT2D eigenvalue weighted by Crippen LogP contribution is 2.37. The summed E-state index contributed by atoms with van der Waals surface area (Å²) in [7, 11) is -4.87. The molecule has 338 valence electrons. The molecule has 0 aromatic heterocycles. The number of nitrogens with zero attached hydrogens (tertiary/aromatic N) is 1. The summed E-state index contributed by atoms with van der Waals surface area (Å²) in [4.78, 5) is 128. The first-order valence-electron chi connectivity index (χ1n) is 21.0. The Hall–Kier alpha value is -5.07. The lowest BCUT2D eigenvalue weighted by molar-refractivity contribution is -0.143. The van der Waals surface area contributed by atoms with Crippen LogP contribution in [0.2, 0.25) is 0 Å². The summed E-state index contributed by atoms with van der Waals surface area (Å²) in [5, 5.41) is 16.2. The van der Waals surface area contributed by atoms with E-state index in [-0.39, 0.29) is 44.0 Å². The third-order valence-electron chi connectivity index (χ3n) is 11.2. The van der Waals surface area contributed by atoms with Crippen molar-refractivity contribution in [1.29, 1.82) is 0 Å². The second kappa shape index (κ2) is 22.7. The average Bonchev–Trinajstić information content (AvgIpc) is 3.68. The Balaban J connectivity index is 1.73. The summed E-state index contributed by atoms with van der Waals surface area (Å²) in [5.74, 6) is -6.15. The van der Waals surface area contributed by atoms with Gasteiger partial charge in [-0.05, 0) is 68.1 Å². The summed E-state index contributed by atoms with van der Waals surface area (Å²) >= 11 is 0. The number of phosphoric ester groups is 1. The van der Waals surface area contributed by atoms with E-state index in [1.54, 1.807) is 13.8 Å². The monoisotopic (exact) mass is 876 g/mol. The molecular weight excluding hydrogens is 815 g/mol. The van der Waals surface area contributed by atoms with Crippen LogP contribution in [0, 0.1) is 11.8 Å². The van der Waals surface area contributed by atoms with Gasteiger partial charge in [0.05, 0.1) is 6.42 Å². The van der Waals surface area contributed by atoms with E-state index in [4.69, 9.17) is 5.73 Å². The number of phosphoric acid groups is 1. The molecule has 8 amide bonds. The van der Waals surface area contributed by atoms with Crippen LogP contribution in [0.5, 0.6) is 5.75 Å². The van der Waals surface area contributed by atoms with Gasteiger partial charge in [0.1, 0.15) is 42.0 Å². The zero-order valence-corrected chi connectivity index (χ0v) is 35.9. The van der Waals surface area contributed by atoms with E-state index in [0.717, 1.165) is 32.1 Å². The summed E-state index contributed by atoms with van der Waals surface area (Å²) in [5.41, 5.74) is 5.96. The van der Waals surface area contributed by atoms with E-state index >= 15 is 0 Å². The lowest BCUT2D eigenvalue weighted by Crippen LogP contribution is -2.61. The molecule has 0 spiro atoms. The van der Waals surface area contributed by atoms with E-state index < -0.39 is 104 Å². The third-order valence-corrected chi connectivity index (χ3v) is 11.6. The minimum Gasteiger partial charge on any atom is -0.404 e. The fourth-order valence-electron chi connectivity index (χ4n) is 8.05. The van der Waals surface area contributed by atoms with Gasteiger partial charge in [-0.1, -0.05) is 58.1 Å². The van der Waals surface area contributed by atoms with Crippen molar-refractivity contribution < 1.29 is 57.2 Å². The van der Waals surface area contributed by atoms with Crippen molar-refractivity contribution >= 4 is 55.1 Å². The van der Waals surface area contributed by atoms with Crippen LogP contribution < -0.4 is 42.2 Å². The van der Waals surface area contributed by atoms with Gasteiger partial charge >= 0.3 is 7.82 Å². The molecule has 4 rings (SSSR count). The number of carbonyl (C=O) groups is 8. The molecule has 6 atom stereocenters. The predicted octanol–water partition coefficient (Wildman–Crippen LogP) is -0.0626. The first-order chi connectivity index (χ1) is 28.8. The number of hydrogen-bond acceptors (Lipinski definition) is 10. The van der Waals surface area contributed by atoms with E-state index in [1.807, 2.05) is 0 Å². The van der Waals surface area contributed by atoms with Crippen molar-refractivity contribution in [2.45, 2.75) is 140 Å². The molecule has 0 unspecified atom stereocenters. The first kappa shape index (κ1) is 48.6. The number of amides is 8. The Bertz CT molecular complexity index is 1800. The quantitative estimate of drug-likeness (QED) is 0.140. The molecule has 21 heteroatoms. The molecule has 3 fully saturated rings. The van der Waals surface area contributed by atoms with Crippen LogP contribution in [0.4, 0.5) is 0 Å². The lowest BCUT2D eigenvalue weighted by Gasteiger charge is -2.32. The number of primary amides is 1. The van der Waals surface area contributed by atoms with E-state index in [1.165, 1.54) is 36.1 Å². The van der Waals surface area contributed by atoms with Gasteiger partial charge in [-0.3, -0.25) is 48.1 Å². The number of benzene rings is 1. The maximum atomic E-state index is 14.3. The summed E-state index contributed by atoms with van der Waals surface area (Å²) < 4.78 is 16.0. The molecule has 2 aliphatic heterocycles. The normalized spacial score (nSPS) is 26.0. The topological polar surface area (TPSA) is 305 Å². The standard InChI is InChI=1S/C40H61N8O12P/c1-23(2)34-40(56)48-19-9-13-32(48)39(55)42-18-8-7-12-28(43-24(3)49)35(51)44-30(21-26-14-16-27(17-15-26)60-61(57,58)59)36(52)45-29(20-25-10-5-4-6-11-25)37(53)46-31(22-33(41)50)38(54)47-34/h14-17,23,25,28-32,34H,4-13,18-22H2,1-3H3,(H2,41,50)(H,42,55)(H,43,49)(H,44,51)(H,45,52)(H,46,53)(H,47,54)(H2,57,58,59)/t28-,29+,30+,31+,32+,34+/m1/s1. The fraction of sp³-hybridized carbons (Fsp3) is 0.650. The molecule has 10 N–H and O–H groups in total. The van der Waals surface area contributed by atoms with Crippen LogP contribution in [0.1, 0.15) is 103 Å². The summed E-state index contributed by atoms with van der Waals surface area (Å²) in [6.07, 6.45) is 5.47. The van der Waals surface area contributed by atoms with Gasteiger partial charge < -0.3 is 47.1 Å². The van der Waals surface area contributed by atoms with Crippen molar-refractivity contribution in [2.75, 3.05) is 13.1 Å². The van der Waals surface area contributed by atoms with Gasteiger partial charge in [-0.2, -0.15) is 0 Å². The van der Waals surface area contributed by atoms with Crippen LogP contribution in [0.15, 0.2) is 24.3 Å². The van der Waals surface area contributed by atoms with E-state index in [9.17, 15) is 52.7 Å². The molecule has 0 bridgehead atoms. The minimum atomic E-state index is -4.87. The Morgan fingerprint density at radius 1 is 0.803 bits per heavy atom. The number of rotatable bonds is 10. The van der Waals surface area contributed by atoms with Crippen LogP contribution in [0.3, 0.4) is 0 Å². The Morgan fingerprint density at radius 2 is 1.41 bits per heavy atom. The van der Waals surface area contributed by atoms with Gasteiger partial charge in [0, 0.05) is 26.4 Å². The number of nitrogens with one attached hydrogen (secondary N) is 6. The maximum absolute atomic E-state index is 14.3. The van der Waals surface area contributed by atoms with Gasteiger partial charge in [-0.15, -0.1) is 0 Å². The van der Waals surface area contributed by atoms with Crippen molar-refractivity contribution in [3.05, 3.63) is 29.8 Å². The van der Waals surface area contributed by atoms with Crippen LogP contribution in [0.25, 0.3) is 0 Å². The zero-order chi connectivity index (χ0) is 44.9. The molecule has 0 radical (unpaired) electrons. The number of fused-ring (bicyclic) bond motifs is 1. The molecule has 61 heavy (non-hydrogen) atoms. The Kier molecular flexibility index (Phi) is 18.1. The molecule has 1 aromatic carbocycles. The highest BCUT2D eigenvalue weighted by molar-refractivity contribution is 7.46. The highest BCUT2D eigenvalue weighted by Gasteiger charge is 2.40. The predicted molar refractivity (Wildman–Crippen MR) is 220 cm³/mol. The van der Waals surface area contributed by atoms with E-state index in [0.29, 0.717) is 31.2 Å². The van der Waals surface area contributed by atoms with Crippen LogP contribution in [-0.4, -0.2) is 111 Å². The van der Waals surface area contributed by atoms with Gasteiger partial charge in [-0.25, -0.2) is 4.57 Å². The molecule has 3 aliphatic rings. The number of nitrogens with two attached hydrogens (primary N) is 1. The SMILES string of the molecule is CC(=O)N[C@@H]1CCCCNC(=O)[C@@H]2CCCN2C(=O)[C@H](C(C)C)NC(=O)[C@H](CC(N)=O)NC(=O)[C@H](CC2CCCCC2)NC(=O)[C@H](Cc2ccc(OP(=O)(O)O)cc2)NC1=O. The fourth-order valence-corrected chi connectivity index (χ4v) is 8.45. The third kappa shape index (κ3) is 15.4. The molecular formula is C40H61N8O12P. The second-order valence-electron chi connectivity index (χ2n) is 16.5. The Labute approximate surface area is 355 Å². The Morgan fingerprint density at radius 3 is 2.03 bits per heavy atom. The molecule has 20 nitrogen and oxygen atoms in total. The zero-order valence-electron chi connectivity index (χ0n) is 35.0. The van der Waals surface area contributed by atoms with Gasteiger partial charge in [0.25, 0.3) is 0 Å².